The molecule has 2 aromatic heterocycles. The summed E-state index contributed by atoms with van der Waals surface area (Å²) in [4.78, 5) is 26.5. The van der Waals surface area contributed by atoms with E-state index in [9.17, 15) is 14.7 Å². The summed E-state index contributed by atoms with van der Waals surface area (Å²) in [6.07, 6.45) is 0. The van der Waals surface area contributed by atoms with Gasteiger partial charge in [-0.1, -0.05) is 28.9 Å². The van der Waals surface area contributed by atoms with E-state index in [4.69, 9.17) is 11.6 Å². The van der Waals surface area contributed by atoms with E-state index in [0.717, 1.165) is 5.39 Å². The summed E-state index contributed by atoms with van der Waals surface area (Å²) < 4.78 is 6.13. The molecule has 0 saturated carbocycles. The van der Waals surface area contributed by atoms with E-state index < -0.39 is 11.7 Å². The predicted octanol–water partition coefficient (Wildman–Crippen LogP) is 3.13. The third-order valence-corrected chi connectivity index (χ3v) is 4.43. The number of carbonyl (C=O) groups excluding carboxylic acids is 1. The highest BCUT2D eigenvalue weighted by molar-refractivity contribution is 6.31. The van der Waals surface area contributed by atoms with Gasteiger partial charge in [-0.3, -0.25) is 14.3 Å². The Kier molecular flexibility index (Phi) is 3.97. The Bertz CT molecular complexity index is 1240. The number of hydrogen-bond donors (Lipinski definition) is 3. The van der Waals surface area contributed by atoms with Crippen molar-refractivity contribution in [1.29, 1.82) is 0 Å². The lowest BCUT2D eigenvalue weighted by Gasteiger charge is -2.10. The number of phenols is 1. The van der Waals surface area contributed by atoms with Gasteiger partial charge in [0.2, 0.25) is 0 Å². The monoisotopic (exact) mass is 384 g/mol. The number of H-pyrrole nitrogens is 1. The fraction of sp³-hybridized carbons (Fsp3) is 0.0556. The maximum absolute atomic E-state index is 12.8. The summed E-state index contributed by atoms with van der Waals surface area (Å²) in [7, 11) is 1.69. The molecule has 0 atom stereocenters. The van der Waals surface area contributed by atoms with E-state index in [-0.39, 0.29) is 11.6 Å². The standard InChI is InChI=1S/C18H13ClN4O4/c1-23-13(7-9-3-2-4-14(24)15(9)23)17(25)20-12-6-5-10(19)8-11(12)16-21-18(26)27-22-16/h2-8,24H,1H3,(H,20,25)(H,21,22,26). The van der Waals surface area contributed by atoms with Crippen molar-refractivity contribution < 1.29 is 14.4 Å². The number of aryl methyl sites for hydroxylation is 1. The van der Waals surface area contributed by atoms with Crippen molar-refractivity contribution >= 4 is 34.1 Å². The summed E-state index contributed by atoms with van der Waals surface area (Å²) in [5.74, 6) is -0.886. The highest BCUT2D eigenvalue weighted by Crippen LogP contribution is 2.30. The highest BCUT2D eigenvalue weighted by atomic mass is 35.5. The van der Waals surface area contributed by atoms with Gasteiger partial charge in [0.15, 0.2) is 5.82 Å². The van der Waals surface area contributed by atoms with Gasteiger partial charge in [0.1, 0.15) is 11.4 Å². The number of fused-ring (bicyclic) bond motifs is 1. The van der Waals surface area contributed by atoms with Crippen LogP contribution in [0.1, 0.15) is 10.5 Å². The number of aromatic nitrogens is 3. The molecule has 1 amide bonds. The van der Waals surface area contributed by atoms with Crippen molar-refractivity contribution in [3.05, 3.63) is 63.7 Å². The number of halogens is 1. The second-order valence-electron chi connectivity index (χ2n) is 5.89. The molecule has 0 aliphatic rings. The smallest absolute Gasteiger partial charge is 0.439 e. The van der Waals surface area contributed by atoms with Crippen LogP contribution in [0.15, 0.2) is 51.8 Å². The number of aromatic hydroxyl groups is 1. The minimum atomic E-state index is -0.716. The van der Waals surface area contributed by atoms with Crippen molar-refractivity contribution in [3.8, 4) is 17.1 Å². The van der Waals surface area contributed by atoms with Gasteiger partial charge in [-0.05, 0) is 30.3 Å². The Morgan fingerprint density at radius 3 is 2.81 bits per heavy atom. The number of nitrogens with one attached hydrogen (secondary N) is 2. The van der Waals surface area contributed by atoms with E-state index in [2.05, 4.69) is 20.0 Å². The average Bonchev–Trinajstić information content (AvgIpc) is 3.21. The molecule has 9 heteroatoms. The Labute approximate surface area is 157 Å². The van der Waals surface area contributed by atoms with E-state index in [1.165, 1.54) is 0 Å². The Morgan fingerprint density at radius 2 is 2.11 bits per heavy atom. The van der Waals surface area contributed by atoms with Crippen molar-refractivity contribution in [2.75, 3.05) is 5.32 Å². The molecule has 0 saturated heterocycles. The fourth-order valence-corrected chi connectivity index (χ4v) is 3.14. The van der Waals surface area contributed by atoms with E-state index in [0.29, 0.717) is 27.5 Å². The molecule has 0 radical (unpaired) electrons. The van der Waals surface area contributed by atoms with Crippen molar-refractivity contribution in [2.45, 2.75) is 0 Å². The maximum atomic E-state index is 12.8. The van der Waals surface area contributed by atoms with Crippen molar-refractivity contribution in [3.63, 3.8) is 0 Å². The second kappa shape index (κ2) is 6.33. The summed E-state index contributed by atoms with van der Waals surface area (Å²) in [5, 5.41) is 17.6. The molecular weight excluding hydrogens is 372 g/mol. The molecule has 4 rings (SSSR count). The minimum Gasteiger partial charge on any atom is -0.506 e. The van der Waals surface area contributed by atoms with Gasteiger partial charge in [0.05, 0.1) is 11.2 Å². The number of hydrogen-bond acceptors (Lipinski definition) is 5. The van der Waals surface area contributed by atoms with Crippen LogP contribution in [0.5, 0.6) is 5.75 Å². The number of phenolic OH excluding ortho intramolecular Hbond substituents is 1. The zero-order valence-corrected chi connectivity index (χ0v) is 14.7. The molecule has 0 aliphatic heterocycles. The number of anilines is 1. The van der Waals surface area contributed by atoms with Gasteiger partial charge in [0.25, 0.3) is 5.91 Å². The molecule has 4 aromatic rings. The number of aromatic amines is 1. The van der Waals surface area contributed by atoms with Crippen LogP contribution in [-0.4, -0.2) is 25.7 Å². The fourth-order valence-electron chi connectivity index (χ4n) is 2.97. The third-order valence-electron chi connectivity index (χ3n) is 4.19. The molecule has 0 spiro atoms. The summed E-state index contributed by atoms with van der Waals surface area (Å²) in [6.45, 7) is 0. The first kappa shape index (κ1) is 16.9. The Balaban J connectivity index is 1.75. The van der Waals surface area contributed by atoms with Crippen LogP contribution in [0.4, 0.5) is 5.69 Å². The molecule has 136 valence electrons. The SMILES string of the molecule is Cn1c(C(=O)Nc2ccc(Cl)cc2-c2noc(=O)[nH]2)cc2cccc(O)c21. The molecule has 0 unspecified atom stereocenters. The van der Waals surface area contributed by atoms with Gasteiger partial charge in [-0.15, -0.1) is 0 Å². The number of para-hydroxylation sites is 1. The van der Waals surface area contributed by atoms with Crippen LogP contribution in [0, 0.1) is 0 Å². The van der Waals surface area contributed by atoms with Crippen LogP contribution in [0.25, 0.3) is 22.3 Å². The first-order valence-corrected chi connectivity index (χ1v) is 8.26. The zero-order valence-electron chi connectivity index (χ0n) is 14.0. The van der Waals surface area contributed by atoms with Gasteiger partial charge >= 0.3 is 5.76 Å². The molecule has 8 nitrogen and oxygen atoms in total. The lowest BCUT2D eigenvalue weighted by Crippen LogP contribution is -2.16. The average molecular weight is 385 g/mol. The van der Waals surface area contributed by atoms with Crippen LogP contribution < -0.4 is 11.1 Å². The van der Waals surface area contributed by atoms with Crippen LogP contribution in [-0.2, 0) is 7.05 Å². The summed E-state index contributed by atoms with van der Waals surface area (Å²) in [5.41, 5.74) is 1.70. The second-order valence-corrected chi connectivity index (χ2v) is 6.33. The molecule has 3 N–H and O–H groups in total. The summed E-state index contributed by atoms with van der Waals surface area (Å²) >= 11 is 6.03. The lowest BCUT2D eigenvalue weighted by atomic mass is 10.1. The van der Waals surface area contributed by atoms with E-state index >= 15 is 0 Å². The molecule has 2 aromatic carbocycles. The van der Waals surface area contributed by atoms with E-state index in [1.54, 1.807) is 54.1 Å². The molecule has 27 heavy (non-hydrogen) atoms. The summed E-state index contributed by atoms with van der Waals surface area (Å²) in [6, 6.07) is 11.5. The lowest BCUT2D eigenvalue weighted by molar-refractivity contribution is 0.102. The number of rotatable bonds is 3. The first-order chi connectivity index (χ1) is 12.9. The Hall–Kier alpha value is -3.52. The number of nitrogens with zero attached hydrogens (tertiary/aromatic N) is 2. The molecule has 0 aliphatic carbocycles. The van der Waals surface area contributed by atoms with Crippen molar-refractivity contribution in [1.82, 2.24) is 14.7 Å². The molecule has 0 bridgehead atoms. The van der Waals surface area contributed by atoms with Gasteiger partial charge in [-0.2, -0.15) is 0 Å². The number of amides is 1. The van der Waals surface area contributed by atoms with E-state index in [1.807, 2.05) is 0 Å². The normalized spacial score (nSPS) is 11.0. The Morgan fingerprint density at radius 1 is 1.30 bits per heavy atom. The molecular formula is C18H13ClN4O4. The van der Waals surface area contributed by atoms with Crippen molar-refractivity contribution in [2.24, 2.45) is 7.05 Å². The van der Waals surface area contributed by atoms with Gasteiger partial charge in [0, 0.05) is 23.0 Å². The first-order valence-electron chi connectivity index (χ1n) is 7.88. The minimum absolute atomic E-state index is 0.0846. The topological polar surface area (TPSA) is 113 Å². The van der Waals surface area contributed by atoms with Crippen LogP contribution in [0.2, 0.25) is 5.02 Å². The quantitative estimate of drug-likeness (QED) is 0.502. The van der Waals surface area contributed by atoms with Crippen LogP contribution >= 0.6 is 11.6 Å². The predicted molar refractivity (Wildman–Crippen MR) is 100 cm³/mol. The maximum Gasteiger partial charge on any atom is 0.439 e. The largest absolute Gasteiger partial charge is 0.506 e. The third kappa shape index (κ3) is 2.96. The van der Waals surface area contributed by atoms with Gasteiger partial charge in [-0.25, -0.2) is 4.79 Å². The van der Waals surface area contributed by atoms with Crippen LogP contribution in [0.3, 0.4) is 0 Å². The van der Waals surface area contributed by atoms with Gasteiger partial charge < -0.3 is 15.0 Å². The number of carbonyl (C=O) groups is 1. The highest BCUT2D eigenvalue weighted by Gasteiger charge is 2.18. The number of benzene rings is 2. The molecule has 0 fully saturated rings. The zero-order chi connectivity index (χ0) is 19.1. The molecule has 2 heterocycles.